The standard InChI is InChI=1S/C19H22F2N2O5S/c1-19(2,3)23-29(25,26)14-7-5-6-13(11-14)22-17(24)12-8-9-15(28-18(20)21)16(10-12)27-4/h5-11,18,23H,1-4H3,(H,22,24). The molecular weight excluding hydrogens is 406 g/mol. The van der Waals surface area contributed by atoms with Crippen molar-refractivity contribution in [1.29, 1.82) is 0 Å². The molecule has 0 radical (unpaired) electrons. The minimum absolute atomic E-state index is 0.0107. The van der Waals surface area contributed by atoms with Gasteiger partial charge in [0.05, 0.1) is 12.0 Å². The topological polar surface area (TPSA) is 93.7 Å². The quantitative estimate of drug-likeness (QED) is 0.703. The van der Waals surface area contributed by atoms with Crippen LogP contribution in [0.1, 0.15) is 31.1 Å². The number of ether oxygens (including phenoxy) is 2. The maximum absolute atomic E-state index is 12.5. The maximum Gasteiger partial charge on any atom is 0.387 e. The molecule has 2 N–H and O–H groups in total. The highest BCUT2D eigenvalue weighted by molar-refractivity contribution is 7.89. The summed E-state index contributed by atoms with van der Waals surface area (Å²) < 4.78 is 61.5. The summed E-state index contributed by atoms with van der Waals surface area (Å²) in [5.74, 6) is -0.825. The van der Waals surface area contributed by atoms with Crippen LogP contribution >= 0.6 is 0 Å². The summed E-state index contributed by atoms with van der Waals surface area (Å²) in [6.45, 7) is 2.11. The molecule has 0 fully saturated rings. The van der Waals surface area contributed by atoms with Gasteiger partial charge < -0.3 is 14.8 Å². The fraction of sp³-hybridized carbons (Fsp3) is 0.316. The number of alkyl halides is 2. The monoisotopic (exact) mass is 428 g/mol. The molecule has 0 aliphatic heterocycles. The van der Waals surface area contributed by atoms with Crippen LogP contribution < -0.4 is 19.5 Å². The van der Waals surface area contributed by atoms with E-state index in [0.29, 0.717) is 0 Å². The van der Waals surface area contributed by atoms with Crippen molar-refractivity contribution in [2.45, 2.75) is 37.8 Å². The maximum atomic E-state index is 12.5. The second kappa shape index (κ2) is 8.75. The number of sulfonamides is 1. The Morgan fingerprint density at radius 2 is 1.76 bits per heavy atom. The molecule has 0 aromatic heterocycles. The van der Waals surface area contributed by atoms with Crippen LogP contribution in [0.4, 0.5) is 14.5 Å². The third kappa shape index (κ3) is 6.40. The Balaban J connectivity index is 2.23. The van der Waals surface area contributed by atoms with E-state index >= 15 is 0 Å². The molecule has 2 rings (SSSR count). The number of hydrogen-bond donors (Lipinski definition) is 2. The first-order valence-corrected chi connectivity index (χ1v) is 9.98. The average molecular weight is 428 g/mol. The fourth-order valence-electron chi connectivity index (χ4n) is 2.41. The van der Waals surface area contributed by atoms with Crippen molar-refractivity contribution in [1.82, 2.24) is 4.72 Å². The van der Waals surface area contributed by atoms with Crippen LogP contribution in [0.25, 0.3) is 0 Å². The summed E-state index contributed by atoms with van der Waals surface area (Å²) >= 11 is 0. The lowest BCUT2D eigenvalue weighted by molar-refractivity contribution is -0.0512. The third-order valence-corrected chi connectivity index (χ3v) is 5.24. The zero-order chi connectivity index (χ0) is 21.8. The van der Waals surface area contributed by atoms with E-state index in [-0.39, 0.29) is 27.6 Å². The molecule has 0 aliphatic carbocycles. The highest BCUT2D eigenvalue weighted by Crippen LogP contribution is 2.30. The predicted octanol–water partition coefficient (Wildman–Crippen LogP) is 3.63. The lowest BCUT2D eigenvalue weighted by Gasteiger charge is -2.20. The van der Waals surface area contributed by atoms with Gasteiger partial charge in [0.1, 0.15) is 0 Å². The Labute approximate surface area is 168 Å². The first kappa shape index (κ1) is 22.6. The first-order chi connectivity index (χ1) is 13.4. The van der Waals surface area contributed by atoms with E-state index in [4.69, 9.17) is 4.74 Å². The van der Waals surface area contributed by atoms with Crippen LogP contribution in [0.2, 0.25) is 0 Å². The molecular formula is C19H22F2N2O5S. The lowest BCUT2D eigenvalue weighted by Crippen LogP contribution is -2.40. The second-order valence-electron chi connectivity index (χ2n) is 7.08. The van der Waals surface area contributed by atoms with Crippen molar-refractivity contribution < 1.29 is 31.5 Å². The Kier molecular flexibility index (Phi) is 6.81. The largest absolute Gasteiger partial charge is 0.493 e. The van der Waals surface area contributed by atoms with E-state index in [0.717, 1.165) is 0 Å². The SMILES string of the molecule is COc1cc(C(=O)Nc2cccc(S(=O)(=O)NC(C)(C)C)c2)ccc1OC(F)F. The summed E-state index contributed by atoms with van der Waals surface area (Å²) in [6.07, 6.45) is 0. The molecule has 0 saturated carbocycles. The molecule has 2 aromatic rings. The van der Waals surface area contributed by atoms with Crippen LogP contribution in [-0.2, 0) is 10.0 Å². The zero-order valence-corrected chi connectivity index (χ0v) is 17.1. The minimum Gasteiger partial charge on any atom is -0.493 e. The summed E-state index contributed by atoms with van der Waals surface area (Å²) in [6, 6.07) is 9.47. The van der Waals surface area contributed by atoms with Gasteiger partial charge in [0, 0.05) is 16.8 Å². The van der Waals surface area contributed by atoms with E-state index < -0.39 is 28.1 Å². The Morgan fingerprint density at radius 3 is 2.34 bits per heavy atom. The van der Waals surface area contributed by atoms with Gasteiger partial charge in [-0.1, -0.05) is 6.07 Å². The van der Waals surface area contributed by atoms with Crippen LogP contribution in [0.5, 0.6) is 11.5 Å². The van der Waals surface area contributed by atoms with Crippen LogP contribution in [0.15, 0.2) is 47.4 Å². The van der Waals surface area contributed by atoms with Gasteiger partial charge in [-0.25, -0.2) is 13.1 Å². The van der Waals surface area contributed by atoms with Gasteiger partial charge in [0.2, 0.25) is 10.0 Å². The van der Waals surface area contributed by atoms with E-state index in [1.54, 1.807) is 20.8 Å². The molecule has 1 amide bonds. The van der Waals surface area contributed by atoms with Gasteiger partial charge in [0.15, 0.2) is 11.5 Å². The van der Waals surface area contributed by atoms with Gasteiger partial charge in [-0.15, -0.1) is 0 Å². The number of anilines is 1. The molecule has 0 heterocycles. The summed E-state index contributed by atoms with van der Waals surface area (Å²) in [5, 5.41) is 2.57. The number of halogens is 2. The van der Waals surface area contributed by atoms with E-state index in [2.05, 4.69) is 14.8 Å². The van der Waals surface area contributed by atoms with Crippen molar-refractivity contribution in [3.63, 3.8) is 0 Å². The Bertz CT molecular complexity index is 988. The third-order valence-electron chi connectivity index (χ3n) is 3.48. The fourth-order valence-corrected chi connectivity index (χ4v) is 3.87. The van der Waals surface area contributed by atoms with Crippen LogP contribution in [0, 0.1) is 0 Å². The van der Waals surface area contributed by atoms with Gasteiger partial charge >= 0.3 is 6.61 Å². The number of amides is 1. The van der Waals surface area contributed by atoms with Gasteiger partial charge in [-0.05, 0) is 57.2 Å². The molecule has 7 nitrogen and oxygen atoms in total. The van der Waals surface area contributed by atoms with Crippen molar-refractivity contribution in [3.8, 4) is 11.5 Å². The number of methoxy groups -OCH3 is 1. The number of carbonyl (C=O) groups excluding carboxylic acids is 1. The number of carbonyl (C=O) groups is 1. The predicted molar refractivity (Wildman–Crippen MR) is 104 cm³/mol. The summed E-state index contributed by atoms with van der Waals surface area (Å²) in [4.78, 5) is 12.5. The summed E-state index contributed by atoms with van der Waals surface area (Å²) in [7, 11) is -2.52. The molecule has 29 heavy (non-hydrogen) atoms. The normalized spacial score (nSPS) is 12.0. The molecule has 0 atom stereocenters. The van der Waals surface area contributed by atoms with Crippen LogP contribution in [0.3, 0.4) is 0 Å². The Morgan fingerprint density at radius 1 is 1.07 bits per heavy atom. The van der Waals surface area contributed by atoms with Crippen LogP contribution in [-0.4, -0.2) is 33.6 Å². The van der Waals surface area contributed by atoms with Crippen molar-refractivity contribution in [3.05, 3.63) is 48.0 Å². The summed E-state index contributed by atoms with van der Waals surface area (Å²) in [5.41, 5.74) is -0.306. The van der Waals surface area contributed by atoms with Crippen molar-refractivity contribution in [2.75, 3.05) is 12.4 Å². The molecule has 158 valence electrons. The molecule has 10 heteroatoms. The average Bonchev–Trinajstić information content (AvgIpc) is 2.59. The molecule has 0 aliphatic rings. The van der Waals surface area contributed by atoms with E-state index in [9.17, 15) is 22.0 Å². The Hall–Kier alpha value is -2.72. The van der Waals surface area contributed by atoms with Crippen molar-refractivity contribution >= 4 is 21.6 Å². The number of nitrogens with one attached hydrogen (secondary N) is 2. The van der Waals surface area contributed by atoms with Gasteiger partial charge in [-0.2, -0.15) is 8.78 Å². The number of hydrogen-bond acceptors (Lipinski definition) is 5. The molecule has 0 unspecified atom stereocenters. The highest BCUT2D eigenvalue weighted by Gasteiger charge is 2.22. The minimum atomic E-state index is -3.78. The molecule has 2 aromatic carbocycles. The number of benzene rings is 2. The smallest absolute Gasteiger partial charge is 0.387 e. The van der Waals surface area contributed by atoms with E-state index in [1.165, 1.54) is 49.6 Å². The lowest BCUT2D eigenvalue weighted by atomic mass is 10.1. The second-order valence-corrected chi connectivity index (χ2v) is 8.76. The van der Waals surface area contributed by atoms with Gasteiger partial charge in [0.25, 0.3) is 5.91 Å². The zero-order valence-electron chi connectivity index (χ0n) is 16.3. The highest BCUT2D eigenvalue weighted by atomic mass is 32.2. The van der Waals surface area contributed by atoms with Gasteiger partial charge in [-0.3, -0.25) is 4.79 Å². The first-order valence-electron chi connectivity index (χ1n) is 8.49. The van der Waals surface area contributed by atoms with E-state index in [1.807, 2.05) is 0 Å². The number of rotatable bonds is 7. The molecule has 0 saturated heterocycles. The van der Waals surface area contributed by atoms with Crippen molar-refractivity contribution in [2.24, 2.45) is 0 Å². The molecule has 0 bridgehead atoms. The molecule has 0 spiro atoms.